The van der Waals surface area contributed by atoms with Crippen molar-refractivity contribution >= 4 is 29.6 Å². The number of hydrogen-bond acceptors (Lipinski definition) is 11. The highest BCUT2D eigenvalue weighted by molar-refractivity contribution is 6.00. The van der Waals surface area contributed by atoms with E-state index in [1.807, 2.05) is 0 Å². The van der Waals surface area contributed by atoms with Gasteiger partial charge in [-0.25, -0.2) is 19.2 Å². The smallest absolute Gasteiger partial charge is 0.336 e. The molecule has 1 fully saturated rings. The van der Waals surface area contributed by atoms with Crippen LogP contribution in [0.25, 0.3) is 0 Å². The summed E-state index contributed by atoms with van der Waals surface area (Å²) in [7, 11) is 1.50. The van der Waals surface area contributed by atoms with Gasteiger partial charge in [0.05, 0.1) is 35.2 Å². The summed E-state index contributed by atoms with van der Waals surface area (Å²) >= 11 is 0. The lowest BCUT2D eigenvalue weighted by atomic mass is 9.68. The lowest BCUT2D eigenvalue weighted by Crippen LogP contribution is -2.43. The monoisotopic (exact) mass is 769 g/mol. The van der Waals surface area contributed by atoms with Gasteiger partial charge in [0.25, 0.3) is 5.69 Å². The number of allylic oxidation sites excluding steroid dienone is 2. The zero-order valence-corrected chi connectivity index (χ0v) is 31.6. The van der Waals surface area contributed by atoms with Crippen molar-refractivity contribution in [3.8, 4) is 0 Å². The zero-order chi connectivity index (χ0) is 40.7. The third kappa shape index (κ3) is 11.2. The quantitative estimate of drug-likeness (QED) is 0.0557. The zero-order valence-electron chi connectivity index (χ0n) is 31.6. The fraction of sp³-hybridized carbons (Fsp3) is 0.333. The van der Waals surface area contributed by atoms with Gasteiger partial charge in [-0.15, -0.1) is 0 Å². The summed E-state index contributed by atoms with van der Waals surface area (Å²) in [4.78, 5) is 59.7. The molecule has 1 unspecified atom stereocenters. The van der Waals surface area contributed by atoms with Crippen molar-refractivity contribution in [1.29, 1.82) is 0 Å². The predicted octanol–water partition coefficient (Wildman–Crippen LogP) is 5.75. The Morgan fingerprint density at radius 2 is 1.32 bits per heavy atom. The summed E-state index contributed by atoms with van der Waals surface area (Å²) in [5, 5.41) is 30.4. The Morgan fingerprint density at radius 3 is 1.80 bits per heavy atom. The van der Waals surface area contributed by atoms with Crippen molar-refractivity contribution in [3.05, 3.63) is 146 Å². The maximum absolute atomic E-state index is 13.7. The summed E-state index contributed by atoms with van der Waals surface area (Å²) in [5.41, 5.74) is 4.31. The van der Waals surface area contributed by atoms with E-state index in [2.05, 4.69) is 70.9 Å². The van der Waals surface area contributed by atoms with Gasteiger partial charge in [0, 0.05) is 54.7 Å². The molecule has 0 spiro atoms. The van der Waals surface area contributed by atoms with Crippen LogP contribution in [0.2, 0.25) is 0 Å². The fourth-order valence-corrected chi connectivity index (χ4v) is 7.07. The minimum absolute atomic E-state index is 0.0184. The summed E-state index contributed by atoms with van der Waals surface area (Å²) in [5.74, 6) is -4.66. The Morgan fingerprint density at radius 1 is 0.804 bits per heavy atom. The minimum Gasteiger partial charge on any atom is -0.478 e. The van der Waals surface area contributed by atoms with Crippen molar-refractivity contribution in [2.45, 2.75) is 44.4 Å². The molecule has 56 heavy (non-hydrogen) atoms. The highest BCUT2D eigenvalue weighted by atomic mass is 16.6. The number of carboxylic acid groups (broad SMARTS) is 2. The molecule has 3 aromatic rings. The Hall–Kier alpha value is -6.12. The van der Waals surface area contributed by atoms with E-state index in [1.54, 1.807) is 26.0 Å². The number of nitro groups is 1. The van der Waals surface area contributed by atoms with Crippen molar-refractivity contribution < 1.29 is 48.5 Å². The van der Waals surface area contributed by atoms with Crippen molar-refractivity contribution in [2.75, 3.05) is 46.6 Å². The molecule has 0 amide bonds. The number of non-ortho nitro benzene ring substituents is 1. The maximum Gasteiger partial charge on any atom is 0.336 e. The first-order chi connectivity index (χ1) is 26.9. The molecule has 1 atom stereocenters. The lowest BCUT2D eigenvalue weighted by molar-refractivity contribution is -0.384. The topological polar surface area (TPSA) is 195 Å². The van der Waals surface area contributed by atoms with E-state index in [4.69, 9.17) is 24.4 Å². The molecule has 5 rings (SSSR count). The second-order valence-corrected chi connectivity index (χ2v) is 13.3. The molecular weight excluding hydrogens is 722 g/mol. The van der Waals surface area contributed by atoms with Crippen LogP contribution < -0.4 is 5.32 Å². The molecule has 2 aliphatic heterocycles. The molecule has 0 aromatic heterocycles. The van der Waals surface area contributed by atoms with E-state index >= 15 is 0 Å². The van der Waals surface area contributed by atoms with Crippen LogP contribution in [0, 0.1) is 10.1 Å². The van der Waals surface area contributed by atoms with Gasteiger partial charge in [0.2, 0.25) is 0 Å². The first-order valence-electron chi connectivity index (χ1n) is 18.1. The normalized spacial score (nSPS) is 16.7. The molecule has 3 N–H and O–H groups in total. The number of nitrogens with one attached hydrogen (secondary N) is 1. The number of ether oxygens (including phenoxy) is 3. The second kappa shape index (κ2) is 20.5. The molecule has 0 bridgehead atoms. The molecule has 1 saturated heterocycles. The number of esters is 2. The van der Waals surface area contributed by atoms with Gasteiger partial charge in [-0.2, -0.15) is 0 Å². The van der Waals surface area contributed by atoms with Crippen LogP contribution in [0.3, 0.4) is 0 Å². The lowest BCUT2D eigenvalue weighted by Gasteiger charge is -2.43. The first-order valence-corrected chi connectivity index (χ1v) is 18.1. The molecule has 2 heterocycles. The minimum atomic E-state index is -1.26. The number of aliphatic carboxylic acids is 2. The fourth-order valence-electron chi connectivity index (χ4n) is 7.07. The standard InChI is InChI=1S/C38H43N3O7.C4H4O4/c1-27-33(35(29-12-10-17-32(26-29)41(44)45)34(28(2)39-27)37(43)48-25-24-46-3)36(42)47-23-11-20-40-21-18-38(19-22-40,30-13-6-4-7-14-30)31-15-8-5-9-16-31;5-3(6)1-2-4(7)8/h4-10,12-17,26,35,39H,11,18-25H2,1-3H3;1-2H,(H,5,6)(H,7,8). The van der Waals surface area contributed by atoms with Gasteiger partial charge in [-0.05, 0) is 62.9 Å². The average Bonchev–Trinajstić information content (AvgIpc) is 3.19. The molecule has 0 radical (unpaired) electrons. The van der Waals surface area contributed by atoms with Crippen molar-refractivity contribution in [3.63, 3.8) is 0 Å². The van der Waals surface area contributed by atoms with Crippen LogP contribution in [-0.2, 0) is 38.8 Å². The van der Waals surface area contributed by atoms with Crippen LogP contribution in [0.4, 0.5) is 5.69 Å². The third-order valence-corrected chi connectivity index (χ3v) is 9.72. The number of piperidine rings is 1. The second-order valence-electron chi connectivity index (χ2n) is 13.3. The number of nitrogens with zero attached hydrogens (tertiary/aromatic N) is 2. The van der Waals surface area contributed by atoms with Gasteiger partial charge >= 0.3 is 23.9 Å². The predicted molar refractivity (Wildman–Crippen MR) is 207 cm³/mol. The summed E-state index contributed by atoms with van der Waals surface area (Å²) in [6, 6.07) is 27.4. The van der Waals surface area contributed by atoms with Crippen LogP contribution in [0.1, 0.15) is 55.7 Å². The van der Waals surface area contributed by atoms with Crippen LogP contribution in [-0.4, -0.2) is 90.5 Å². The van der Waals surface area contributed by atoms with Gasteiger partial charge in [0.1, 0.15) is 6.61 Å². The molecule has 3 aromatic carbocycles. The molecule has 2 aliphatic rings. The number of likely N-dealkylation sites (tertiary alicyclic amines) is 1. The number of rotatable bonds is 15. The molecule has 296 valence electrons. The number of dihydropyridines is 1. The first kappa shape index (κ1) is 42.6. The van der Waals surface area contributed by atoms with E-state index in [0.29, 0.717) is 35.5 Å². The van der Waals surface area contributed by atoms with E-state index < -0.39 is 34.7 Å². The highest BCUT2D eigenvalue weighted by Crippen LogP contribution is 2.42. The van der Waals surface area contributed by atoms with E-state index in [1.165, 1.54) is 30.4 Å². The number of carboxylic acids is 2. The van der Waals surface area contributed by atoms with Gasteiger partial charge < -0.3 is 34.6 Å². The number of hydrogen-bond donors (Lipinski definition) is 3. The number of methoxy groups -OCH3 is 1. The number of benzene rings is 3. The van der Waals surface area contributed by atoms with E-state index in [9.17, 15) is 29.3 Å². The van der Waals surface area contributed by atoms with Gasteiger partial charge in [0.15, 0.2) is 0 Å². The molecule has 14 heteroatoms. The van der Waals surface area contributed by atoms with Crippen LogP contribution in [0.5, 0.6) is 0 Å². The van der Waals surface area contributed by atoms with E-state index in [0.717, 1.165) is 32.5 Å². The van der Waals surface area contributed by atoms with Crippen molar-refractivity contribution in [1.82, 2.24) is 10.2 Å². The molecule has 0 saturated carbocycles. The average molecular weight is 770 g/mol. The SMILES string of the molecule is COCCOC(=O)C1=C(C)NC(C)=C(C(=O)OCCCN2CCC(c3ccccc3)(c3ccccc3)CC2)C1c1cccc([N+](=O)[O-])c1.O=C(O)C=CC(=O)O. The molecule has 0 aliphatic carbocycles. The Kier molecular flexibility index (Phi) is 15.6. The Labute approximate surface area is 325 Å². The number of carbonyl (C=O) groups excluding carboxylic acids is 2. The maximum atomic E-state index is 13.7. The number of carbonyl (C=O) groups is 4. The molecule has 14 nitrogen and oxygen atoms in total. The summed E-state index contributed by atoms with van der Waals surface area (Å²) in [6.07, 6.45) is 3.72. The van der Waals surface area contributed by atoms with Crippen LogP contribution in [0.15, 0.2) is 120 Å². The highest BCUT2D eigenvalue weighted by Gasteiger charge is 2.39. The Balaban J connectivity index is 0.000000784. The third-order valence-electron chi connectivity index (χ3n) is 9.72. The van der Waals surface area contributed by atoms with Crippen LogP contribution >= 0.6 is 0 Å². The Bertz CT molecular complexity index is 1890. The van der Waals surface area contributed by atoms with E-state index in [-0.39, 0.29) is 42.1 Å². The summed E-state index contributed by atoms with van der Waals surface area (Å²) in [6.45, 7) is 6.46. The van der Waals surface area contributed by atoms with Gasteiger partial charge in [-0.3, -0.25) is 10.1 Å². The number of nitro benzene ring substituents is 1. The van der Waals surface area contributed by atoms with Gasteiger partial charge in [-0.1, -0.05) is 72.8 Å². The van der Waals surface area contributed by atoms with Crippen molar-refractivity contribution in [2.24, 2.45) is 0 Å². The largest absolute Gasteiger partial charge is 0.478 e. The summed E-state index contributed by atoms with van der Waals surface area (Å²) < 4.78 is 16.3. The molecular formula is C42H47N3O11.